The minimum absolute atomic E-state index is 0.178. The summed E-state index contributed by atoms with van der Waals surface area (Å²) in [6.07, 6.45) is 8.08. The number of alkyl halides is 1. The van der Waals surface area contributed by atoms with Gasteiger partial charge in [-0.05, 0) is 51.5 Å². The van der Waals surface area contributed by atoms with Gasteiger partial charge in [0, 0.05) is 24.7 Å². The third-order valence-corrected chi connectivity index (χ3v) is 6.13. The van der Waals surface area contributed by atoms with Gasteiger partial charge in [-0.25, -0.2) is 0 Å². The van der Waals surface area contributed by atoms with Crippen LogP contribution in [-0.4, -0.2) is 32.5 Å². The molecular weight excluding hydrogens is 310 g/mol. The second-order valence-corrected chi connectivity index (χ2v) is 8.01. The Morgan fingerprint density at radius 2 is 2.00 bits per heavy atom. The van der Waals surface area contributed by atoms with Crippen LogP contribution in [0.3, 0.4) is 0 Å². The Balaban J connectivity index is 1.87. The summed E-state index contributed by atoms with van der Waals surface area (Å²) in [7, 11) is 2.03. The molecule has 2 aliphatic carbocycles. The van der Waals surface area contributed by atoms with Crippen LogP contribution >= 0.6 is 11.6 Å². The predicted octanol–water partition coefficient (Wildman–Crippen LogP) is 3.45. The summed E-state index contributed by atoms with van der Waals surface area (Å²) < 4.78 is 2.02. The van der Waals surface area contributed by atoms with Crippen molar-refractivity contribution in [3.05, 3.63) is 17.0 Å². The summed E-state index contributed by atoms with van der Waals surface area (Å²) in [5.41, 5.74) is 3.33. The van der Waals surface area contributed by atoms with Crippen LogP contribution in [0.2, 0.25) is 0 Å². The van der Waals surface area contributed by atoms with Gasteiger partial charge in [0.05, 0.1) is 17.7 Å². The van der Waals surface area contributed by atoms with E-state index >= 15 is 0 Å². The number of fused-ring (bicyclic) bond motifs is 1. The van der Waals surface area contributed by atoms with Gasteiger partial charge in [-0.3, -0.25) is 9.48 Å². The van der Waals surface area contributed by atoms with Gasteiger partial charge in [0.25, 0.3) is 0 Å². The lowest BCUT2D eigenvalue weighted by molar-refractivity contribution is -0.142. The van der Waals surface area contributed by atoms with Crippen molar-refractivity contribution >= 4 is 17.5 Å². The van der Waals surface area contributed by atoms with Crippen LogP contribution in [-0.2, 0) is 31.2 Å². The first-order chi connectivity index (χ1) is 10.9. The van der Waals surface area contributed by atoms with Crippen molar-refractivity contribution in [3.8, 4) is 0 Å². The first-order valence-corrected chi connectivity index (χ1v) is 9.38. The van der Waals surface area contributed by atoms with Crippen LogP contribution in [0, 0.1) is 5.41 Å². The van der Waals surface area contributed by atoms with E-state index in [1.807, 2.05) is 25.6 Å². The highest BCUT2D eigenvalue weighted by Gasteiger charge is 2.37. The van der Waals surface area contributed by atoms with E-state index in [0.29, 0.717) is 18.5 Å². The molecular formula is C18H28ClN3O. The van der Waals surface area contributed by atoms with Crippen molar-refractivity contribution in [2.24, 2.45) is 12.5 Å². The maximum Gasteiger partial charge on any atom is 0.230 e. The maximum atomic E-state index is 13.1. The number of amides is 1. The zero-order chi connectivity index (χ0) is 16.6. The van der Waals surface area contributed by atoms with Crippen molar-refractivity contribution < 1.29 is 4.79 Å². The second kappa shape index (κ2) is 6.46. The number of nitrogens with zero attached hydrogens (tertiary/aromatic N) is 3. The van der Waals surface area contributed by atoms with Gasteiger partial charge in [0.15, 0.2) is 0 Å². The fourth-order valence-electron chi connectivity index (χ4n) is 4.01. The van der Waals surface area contributed by atoms with Crippen molar-refractivity contribution in [1.82, 2.24) is 14.7 Å². The van der Waals surface area contributed by atoms with Crippen LogP contribution < -0.4 is 0 Å². The summed E-state index contributed by atoms with van der Waals surface area (Å²) >= 11 is 6.07. The molecule has 1 fully saturated rings. The molecule has 1 heterocycles. The molecule has 0 atom stereocenters. The summed E-state index contributed by atoms with van der Waals surface area (Å²) in [5, 5.41) is 4.72. The molecule has 3 rings (SSSR count). The summed E-state index contributed by atoms with van der Waals surface area (Å²) in [6.45, 7) is 4.55. The average molecular weight is 338 g/mol. The molecule has 5 heteroatoms. The van der Waals surface area contributed by atoms with Crippen molar-refractivity contribution in [2.45, 2.75) is 71.4 Å². The average Bonchev–Trinajstić information content (AvgIpc) is 3.24. The minimum atomic E-state index is -0.512. The number of rotatable bonds is 5. The molecule has 1 amide bonds. The molecule has 1 aromatic rings. The lowest BCUT2D eigenvalue weighted by Gasteiger charge is -2.35. The standard InChI is InChI=1S/C18H28ClN3O/c1-18(2,12-19)17(23)22(13-7-4-5-8-13)11-15-14-9-6-10-16(14)21(3)20-15/h13H,4-12H2,1-3H3. The fraction of sp³-hybridized carbons (Fsp3) is 0.778. The van der Waals surface area contributed by atoms with Crippen LogP contribution in [0.15, 0.2) is 0 Å². The molecule has 128 valence electrons. The van der Waals surface area contributed by atoms with Gasteiger partial charge < -0.3 is 4.90 Å². The number of hydrogen-bond acceptors (Lipinski definition) is 2. The van der Waals surface area contributed by atoms with E-state index in [4.69, 9.17) is 16.7 Å². The highest BCUT2D eigenvalue weighted by atomic mass is 35.5. The number of carbonyl (C=O) groups is 1. The third kappa shape index (κ3) is 3.15. The number of aromatic nitrogens is 2. The quantitative estimate of drug-likeness (QED) is 0.772. The van der Waals surface area contributed by atoms with Crippen LogP contribution in [0.5, 0.6) is 0 Å². The highest BCUT2D eigenvalue weighted by molar-refractivity contribution is 6.19. The molecule has 1 aromatic heterocycles. The summed E-state index contributed by atoms with van der Waals surface area (Å²) in [5.74, 6) is 0.534. The van der Waals surface area contributed by atoms with E-state index in [1.165, 1.54) is 30.5 Å². The molecule has 0 aromatic carbocycles. The smallest absolute Gasteiger partial charge is 0.230 e. The number of hydrogen-bond donors (Lipinski definition) is 0. The van der Waals surface area contributed by atoms with E-state index in [0.717, 1.165) is 31.4 Å². The lowest BCUT2D eigenvalue weighted by Crippen LogP contribution is -2.46. The van der Waals surface area contributed by atoms with Gasteiger partial charge in [0.2, 0.25) is 5.91 Å². The second-order valence-electron chi connectivity index (χ2n) is 7.74. The van der Waals surface area contributed by atoms with E-state index in [9.17, 15) is 4.79 Å². The Morgan fingerprint density at radius 1 is 1.30 bits per heavy atom. The van der Waals surface area contributed by atoms with Crippen molar-refractivity contribution in [2.75, 3.05) is 5.88 Å². The van der Waals surface area contributed by atoms with Crippen LogP contribution in [0.4, 0.5) is 0 Å². The van der Waals surface area contributed by atoms with Crippen LogP contribution in [0.1, 0.15) is 62.9 Å². The van der Waals surface area contributed by atoms with E-state index < -0.39 is 5.41 Å². The zero-order valence-corrected chi connectivity index (χ0v) is 15.3. The largest absolute Gasteiger partial charge is 0.333 e. The van der Waals surface area contributed by atoms with Gasteiger partial charge in [0.1, 0.15) is 0 Å². The first-order valence-electron chi connectivity index (χ1n) is 8.84. The first kappa shape index (κ1) is 16.8. The Morgan fingerprint density at radius 3 is 2.65 bits per heavy atom. The monoisotopic (exact) mass is 337 g/mol. The lowest BCUT2D eigenvalue weighted by atomic mass is 9.93. The predicted molar refractivity (Wildman–Crippen MR) is 92.5 cm³/mol. The van der Waals surface area contributed by atoms with Crippen molar-refractivity contribution in [3.63, 3.8) is 0 Å². The Labute approximate surface area is 144 Å². The maximum absolute atomic E-state index is 13.1. The summed E-state index contributed by atoms with van der Waals surface area (Å²) in [6, 6.07) is 0.351. The molecule has 0 N–H and O–H groups in total. The van der Waals surface area contributed by atoms with Gasteiger partial charge in [-0.1, -0.05) is 12.8 Å². The molecule has 23 heavy (non-hydrogen) atoms. The topological polar surface area (TPSA) is 38.1 Å². The molecule has 0 spiro atoms. The number of aryl methyl sites for hydroxylation is 1. The summed E-state index contributed by atoms with van der Waals surface area (Å²) in [4.78, 5) is 15.2. The molecule has 4 nitrogen and oxygen atoms in total. The number of halogens is 1. The van der Waals surface area contributed by atoms with Crippen molar-refractivity contribution in [1.29, 1.82) is 0 Å². The molecule has 0 bridgehead atoms. The SMILES string of the molecule is Cn1nc(CN(C(=O)C(C)(C)CCl)C2CCCC2)c2c1CCC2. The third-order valence-electron chi connectivity index (χ3n) is 5.46. The zero-order valence-electron chi connectivity index (χ0n) is 14.6. The van der Waals surface area contributed by atoms with E-state index in [2.05, 4.69) is 4.90 Å². The van der Waals surface area contributed by atoms with E-state index in [1.54, 1.807) is 0 Å². The van der Waals surface area contributed by atoms with Crippen LogP contribution in [0.25, 0.3) is 0 Å². The van der Waals surface area contributed by atoms with Gasteiger partial charge in [-0.15, -0.1) is 11.6 Å². The van der Waals surface area contributed by atoms with Gasteiger partial charge >= 0.3 is 0 Å². The molecule has 1 saturated carbocycles. The normalized spacial score (nSPS) is 18.4. The Hall–Kier alpha value is -1.03. The fourth-order valence-corrected chi connectivity index (χ4v) is 4.13. The molecule has 0 radical (unpaired) electrons. The highest BCUT2D eigenvalue weighted by Crippen LogP contribution is 2.32. The molecule has 0 aliphatic heterocycles. The molecule has 0 unspecified atom stereocenters. The minimum Gasteiger partial charge on any atom is -0.333 e. The molecule has 0 saturated heterocycles. The molecule has 2 aliphatic rings. The van der Waals surface area contributed by atoms with E-state index in [-0.39, 0.29) is 5.91 Å². The number of carbonyl (C=O) groups excluding carboxylic acids is 1. The Kier molecular flexibility index (Phi) is 4.73. The Bertz CT molecular complexity index is 587. The van der Waals surface area contributed by atoms with Gasteiger partial charge in [-0.2, -0.15) is 5.10 Å².